The van der Waals surface area contributed by atoms with Crippen LogP contribution in [-0.2, 0) is 6.42 Å². The summed E-state index contributed by atoms with van der Waals surface area (Å²) in [6.07, 6.45) is 0.744. The van der Waals surface area contributed by atoms with Gasteiger partial charge in [0.15, 0.2) is 5.13 Å². The molecule has 0 fully saturated rings. The van der Waals surface area contributed by atoms with E-state index in [0.29, 0.717) is 5.92 Å². The van der Waals surface area contributed by atoms with E-state index in [4.69, 9.17) is 0 Å². The Morgan fingerprint density at radius 2 is 1.68 bits per heavy atom. The second-order valence-electron chi connectivity index (χ2n) is 6.00. The molecule has 1 heterocycles. The SMILES string of the molecule is C[C@H](CNc1nc(O)c(CCNc2ccccc2)s1)c1ccccc1. The number of hydrogen-bond donors (Lipinski definition) is 3. The highest BCUT2D eigenvalue weighted by atomic mass is 32.1. The van der Waals surface area contributed by atoms with E-state index in [1.165, 1.54) is 16.9 Å². The number of nitrogens with zero attached hydrogens (tertiary/aromatic N) is 1. The predicted octanol–water partition coefficient (Wildman–Crippen LogP) is 4.72. The third-order valence-corrected chi connectivity index (χ3v) is 5.12. The Morgan fingerprint density at radius 3 is 2.40 bits per heavy atom. The summed E-state index contributed by atoms with van der Waals surface area (Å²) in [5.41, 5.74) is 2.38. The average molecular weight is 353 g/mol. The van der Waals surface area contributed by atoms with Gasteiger partial charge in [-0.1, -0.05) is 66.8 Å². The maximum absolute atomic E-state index is 10.0. The Morgan fingerprint density at radius 1 is 1.00 bits per heavy atom. The van der Waals surface area contributed by atoms with Crippen LogP contribution >= 0.6 is 11.3 Å². The van der Waals surface area contributed by atoms with Gasteiger partial charge in [0, 0.05) is 25.2 Å². The van der Waals surface area contributed by atoms with Crippen LogP contribution in [0.2, 0.25) is 0 Å². The molecule has 4 nitrogen and oxygen atoms in total. The number of nitrogens with one attached hydrogen (secondary N) is 2. The molecule has 3 N–H and O–H groups in total. The molecule has 0 saturated heterocycles. The minimum absolute atomic E-state index is 0.134. The quantitative estimate of drug-likeness (QED) is 0.548. The third-order valence-electron chi connectivity index (χ3n) is 4.06. The molecule has 1 atom stereocenters. The van der Waals surface area contributed by atoms with E-state index in [0.717, 1.165) is 35.2 Å². The fourth-order valence-corrected chi connectivity index (χ4v) is 3.46. The maximum atomic E-state index is 10.0. The Hall–Kier alpha value is -2.53. The van der Waals surface area contributed by atoms with Crippen LogP contribution in [0.4, 0.5) is 10.8 Å². The van der Waals surface area contributed by atoms with Crippen LogP contribution in [0.1, 0.15) is 23.3 Å². The first-order valence-electron chi connectivity index (χ1n) is 8.49. The number of aromatic hydroxyl groups is 1. The number of aromatic nitrogens is 1. The van der Waals surface area contributed by atoms with Crippen molar-refractivity contribution in [3.05, 3.63) is 71.1 Å². The van der Waals surface area contributed by atoms with Gasteiger partial charge in [0.05, 0.1) is 4.88 Å². The molecule has 0 bridgehead atoms. The Labute approximate surface area is 152 Å². The number of anilines is 2. The van der Waals surface area contributed by atoms with Crippen LogP contribution in [0.25, 0.3) is 0 Å². The van der Waals surface area contributed by atoms with Gasteiger partial charge in [-0.2, -0.15) is 4.98 Å². The molecule has 0 saturated carbocycles. The van der Waals surface area contributed by atoms with E-state index < -0.39 is 0 Å². The summed E-state index contributed by atoms with van der Waals surface area (Å²) in [5, 5.41) is 17.5. The maximum Gasteiger partial charge on any atom is 0.227 e. The number of benzene rings is 2. The summed E-state index contributed by atoms with van der Waals surface area (Å²) in [7, 11) is 0. The average Bonchev–Trinajstić information content (AvgIpc) is 3.01. The van der Waals surface area contributed by atoms with Gasteiger partial charge >= 0.3 is 0 Å². The molecule has 0 amide bonds. The Kier molecular flexibility index (Phi) is 5.90. The van der Waals surface area contributed by atoms with E-state index in [1.807, 2.05) is 36.4 Å². The summed E-state index contributed by atoms with van der Waals surface area (Å²) >= 11 is 1.52. The fraction of sp³-hybridized carbons (Fsp3) is 0.250. The molecule has 0 aliphatic heterocycles. The lowest BCUT2D eigenvalue weighted by Gasteiger charge is -2.11. The summed E-state index contributed by atoms with van der Waals surface area (Å²) < 4.78 is 0. The number of thiazole rings is 1. The minimum Gasteiger partial charge on any atom is -0.492 e. The highest BCUT2D eigenvalue weighted by Gasteiger charge is 2.11. The van der Waals surface area contributed by atoms with Crippen LogP contribution in [0.15, 0.2) is 60.7 Å². The topological polar surface area (TPSA) is 57.2 Å². The van der Waals surface area contributed by atoms with E-state index in [2.05, 4.69) is 46.8 Å². The van der Waals surface area contributed by atoms with Crippen LogP contribution in [0, 0.1) is 0 Å². The number of hydrogen-bond acceptors (Lipinski definition) is 5. The normalized spacial score (nSPS) is 11.9. The van der Waals surface area contributed by atoms with Gasteiger partial charge in [-0.05, 0) is 23.6 Å². The van der Waals surface area contributed by atoms with Crippen LogP contribution in [-0.4, -0.2) is 23.2 Å². The zero-order valence-corrected chi connectivity index (χ0v) is 15.1. The van der Waals surface area contributed by atoms with Crippen molar-refractivity contribution in [2.24, 2.45) is 0 Å². The molecule has 1 aromatic heterocycles. The lowest BCUT2D eigenvalue weighted by molar-refractivity contribution is 0.452. The zero-order chi connectivity index (χ0) is 17.5. The van der Waals surface area contributed by atoms with Gasteiger partial charge in [-0.25, -0.2) is 0 Å². The first kappa shape index (κ1) is 17.3. The number of rotatable bonds is 8. The van der Waals surface area contributed by atoms with E-state index in [1.54, 1.807) is 0 Å². The molecule has 0 radical (unpaired) electrons. The van der Waals surface area contributed by atoms with Gasteiger partial charge in [0.25, 0.3) is 0 Å². The Balaban J connectivity index is 1.50. The third kappa shape index (κ3) is 4.97. The van der Waals surface area contributed by atoms with Crippen LogP contribution in [0.3, 0.4) is 0 Å². The lowest BCUT2D eigenvalue weighted by atomic mass is 10.0. The van der Waals surface area contributed by atoms with Crippen molar-refractivity contribution in [2.45, 2.75) is 19.3 Å². The first-order chi connectivity index (χ1) is 12.2. The van der Waals surface area contributed by atoms with Crippen molar-refractivity contribution in [2.75, 3.05) is 23.7 Å². The van der Waals surface area contributed by atoms with E-state index in [9.17, 15) is 5.11 Å². The van der Waals surface area contributed by atoms with E-state index >= 15 is 0 Å². The van der Waals surface area contributed by atoms with Gasteiger partial charge in [-0.3, -0.25) is 0 Å². The second-order valence-corrected chi connectivity index (χ2v) is 7.08. The predicted molar refractivity (Wildman–Crippen MR) is 106 cm³/mol. The van der Waals surface area contributed by atoms with E-state index in [-0.39, 0.29) is 5.88 Å². The largest absolute Gasteiger partial charge is 0.492 e. The highest BCUT2D eigenvalue weighted by Crippen LogP contribution is 2.29. The van der Waals surface area contributed by atoms with Crippen LogP contribution < -0.4 is 10.6 Å². The number of para-hydroxylation sites is 1. The summed E-state index contributed by atoms with van der Waals surface area (Å²) in [4.78, 5) is 5.14. The second kappa shape index (κ2) is 8.53. The highest BCUT2D eigenvalue weighted by molar-refractivity contribution is 7.15. The first-order valence-corrected chi connectivity index (χ1v) is 9.30. The van der Waals surface area contributed by atoms with Crippen molar-refractivity contribution < 1.29 is 5.11 Å². The van der Waals surface area contributed by atoms with Crippen molar-refractivity contribution >= 4 is 22.2 Å². The zero-order valence-electron chi connectivity index (χ0n) is 14.3. The summed E-state index contributed by atoms with van der Waals surface area (Å²) in [6, 6.07) is 20.5. The molecule has 3 aromatic rings. The summed E-state index contributed by atoms with van der Waals surface area (Å²) in [5.74, 6) is 0.519. The minimum atomic E-state index is 0.134. The standard InChI is InChI=1S/C20H23N3OS/c1-15(16-8-4-2-5-9-16)14-22-20-23-19(24)18(25-20)12-13-21-17-10-6-3-7-11-17/h2-11,15,21,24H,12-14H2,1H3,(H,22,23)/t15-/m1/s1. The molecule has 5 heteroatoms. The summed E-state index contributed by atoms with van der Waals surface area (Å²) in [6.45, 7) is 3.73. The molecular formula is C20H23N3OS. The van der Waals surface area contributed by atoms with Crippen molar-refractivity contribution in [1.82, 2.24) is 4.98 Å². The monoisotopic (exact) mass is 353 g/mol. The van der Waals surface area contributed by atoms with Crippen LogP contribution in [0.5, 0.6) is 5.88 Å². The molecule has 3 rings (SSSR count). The van der Waals surface area contributed by atoms with Gasteiger partial charge in [0.2, 0.25) is 5.88 Å². The van der Waals surface area contributed by atoms with Crippen molar-refractivity contribution in [1.29, 1.82) is 0 Å². The van der Waals surface area contributed by atoms with Gasteiger partial charge in [-0.15, -0.1) is 0 Å². The van der Waals surface area contributed by atoms with Crippen molar-refractivity contribution in [3.8, 4) is 5.88 Å². The Bertz CT molecular complexity index is 774. The molecule has 0 spiro atoms. The smallest absolute Gasteiger partial charge is 0.227 e. The van der Waals surface area contributed by atoms with Crippen molar-refractivity contribution in [3.63, 3.8) is 0 Å². The molecule has 25 heavy (non-hydrogen) atoms. The lowest BCUT2D eigenvalue weighted by Crippen LogP contribution is -2.09. The fourth-order valence-electron chi connectivity index (χ4n) is 2.60. The van der Waals surface area contributed by atoms with Gasteiger partial charge in [0.1, 0.15) is 0 Å². The molecule has 130 valence electrons. The molecule has 0 aliphatic carbocycles. The molecule has 2 aromatic carbocycles. The molecular weight excluding hydrogens is 330 g/mol. The van der Waals surface area contributed by atoms with Gasteiger partial charge < -0.3 is 15.7 Å². The molecule has 0 unspecified atom stereocenters. The molecule has 0 aliphatic rings.